The second-order valence-electron chi connectivity index (χ2n) is 9.62. The summed E-state index contributed by atoms with van der Waals surface area (Å²) in [5, 5.41) is 0. The molecule has 8 heteroatoms. The van der Waals surface area contributed by atoms with E-state index in [9.17, 15) is 4.79 Å². The van der Waals surface area contributed by atoms with E-state index < -0.39 is 6.10 Å². The molecule has 0 radical (unpaired) electrons. The van der Waals surface area contributed by atoms with E-state index in [1.165, 1.54) is 7.11 Å². The lowest BCUT2D eigenvalue weighted by Crippen LogP contribution is -2.32. The van der Waals surface area contributed by atoms with Crippen LogP contribution in [0.4, 0.5) is 0 Å². The van der Waals surface area contributed by atoms with Gasteiger partial charge in [0.15, 0.2) is 12.0 Å². The van der Waals surface area contributed by atoms with Gasteiger partial charge in [-0.05, 0) is 49.4 Å². The van der Waals surface area contributed by atoms with E-state index in [-0.39, 0.29) is 5.97 Å². The number of aryl methyl sites for hydroxylation is 2. The summed E-state index contributed by atoms with van der Waals surface area (Å²) in [6, 6.07) is 7.99. The van der Waals surface area contributed by atoms with Crippen molar-refractivity contribution in [3.8, 4) is 34.3 Å². The van der Waals surface area contributed by atoms with Crippen LogP contribution in [0.2, 0.25) is 0 Å². The molecule has 0 N–H and O–H groups in total. The lowest BCUT2D eigenvalue weighted by Gasteiger charge is -2.27. The fraction of sp³-hybridized carbons (Fsp3) is 0.484. The third kappa shape index (κ3) is 6.49. The van der Waals surface area contributed by atoms with Gasteiger partial charge in [-0.2, -0.15) is 0 Å². The Morgan fingerprint density at radius 2 is 1.69 bits per heavy atom. The molecule has 0 spiro atoms. The van der Waals surface area contributed by atoms with Crippen LogP contribution in [0, 0.1) is 6.92 Å². The lowest BCUT2D eigenvalue weighted by molar-refractivity contribution is -0.149. The molecule has 0 fully saturated rings. The zero-order valence-corrected chi connectivity index (χ0v) is 23.6. The lowest BCUT2D eigenvalue weighted by atomic mass is 9.96. The average molecular weight is 538 g/mol. The first-order valence-corrected chi connectivity index (χ1v) is 13.8. The van der Waals surface area contributed by atoms with Crippen molar-refractivity contribution in [1.82, 2.24) is 4.98 Å². The van der Waals surface area contributed by atoms with Crippen molar-refractivity contribution in [1.29, 1.82) is 0 Å². The molecule has 2 aromatic carbocycles. The van der Waals surface area contributed by atoms with Crippen molar-refractivity contribution in [3.63, 3.8) is 0 Å². The smallest absolute Gasteiger partial charge is 0.347 e. The van der Waals surface area contributed by atoms with Gasteiger partial charge in [-0.3, -0.25) is 0 Å². The van der Waals surface area contributed by atoms with Crippen LogP contribution < -0.4 is 18.9 Å². The molecular formula is C31H39NO7. The summed E-state index contributed by atoms with van der Waals surface area (Å²) < 4.78 is 34.6. The van der Waals surface area contributed by atoms with Gasteiger partial charge in [0.25, 0.3) is 0 Å². The second kappa shape index (κ2) is 13.4. The van der Waals surface area contributed by atoms with Crippen LogP contribution in [0.1, 0.15) is 62.1 Å². The van der Waals surface area contributed by atoms with Crippen LogP contribution in [0.15, 0.2) is 34.9 Å². The number of rotatable bonds is 13. The Morgan fingerprint density at radius 3 is 2.33 bits per heavy atom. The fourth-order valence-electron chi connectivity index (χ4n) is 4.99. The van der Waals surface area contributed by atoms with Gasteiger partial charge in [0, 0.05) is 30.0 Å². The van der Waals surface area contributed by atoms with E-state index in [4.69, 9.17) is 28.1 Å². The Hall–Kier alpha value is -3.68. The van der Waals surface area contributed by atoms with E-state index >= 15 is 0 Å². The SMILES string of the molecule is CCCc1c(OCCCOc2ccc(-c3coc(C)n3)c(OC)c2CCC)ccc2c1OC(C(=O)OC)CC2. The molecule has 0 saturated heterocycles. The number of ether oxygens (including phenoxy) is 5. The summed E-state index contributed by atoms with van der Waals surface area (Å²) in [7, 11) is 3.06. The first-order valence-electron chi connectivity index (χ1n) is 13.8. The number of esters is 1. The number of fused-ring (bicyclic) bond motifs is 1. The van der Waals surface area contributed by atoms with Crippen LogP contribution in [0.3, 0.4) is 0 Å². The molecule has 2 heterocycles. The van der Waals surface area contributed by atoms with Crippen molar-refractivity contribution in [2.24, 2.45) is 0 Å². The second-order valence-corrected chi connectivity index (χ2v) is 9.62. The van der Waals surface area contributed by atoms with Gasteiger partial charge >= 0.3 is 5.97 Å². The molecule has 0 saturated carbocycles. The molecular weight excluding hydrogens is 498 g/mol. The van der Waals surface area contributed by atoms with Gasteiger partial charge in [-0.15, -0.1) is 0 Å². The predicted octanol–water partition coefficient (Wildman–Crippen LogP) is 6.28. The van der Waals surface area contributed by atoms with Gasteiger partial charge < -0.3 is 28.1 Å². The van der Waals surface area contributed by atoms with E-state index in [0.29, 0.717) is 31.9 Å². The van der Waals surface area contributed by atoms with Gasteiger partial charge in [0.2, 0.25) is 0 Å². The maximum Gasteiger partial charge on any atom is 0.347 e. The molecule has 1 unspecified atom stereocenters. The standard InChI is InChI=1S/C31H39NO7/c1-6-9-23-26(14-11-21-12-15-28(31(33)35-5)39-29(21)23)36-17-8-18-37-27-16-13-22(25-19-38-20(3)32-25)30(34-4)24(27)10-7-2/h11,13-14,16,19,28H,6-10,12,15,17-18H2,1-5H3. The van der Waals surface area contributed by atoms with Crippen LogP contribution in [0.25, 0.3) is 11.3 Å². The first-order chi connectivity index (χ1) is 19.0. The fourth-order valence-corrected chi connectivity index (χ4v) is 4.99. The number of hydrogen-bond donors (Lipinski definition) is 0. The van der Waals surface area contributed by atoms with Crippen LogP contribution in [-0.2, 0) is 28.8 Å². The minimum Gasteiger partial charge on any atom is -0.496 e. The maximum atomic E-state index is 12.1. The molecule has 39 heavy (non-hydrogen) atoms. The molecule has 210 valence electrons. The van der Waals surface area contributed by atoms with E-state index in [0.717, 1.165) is 83.0 Å². The minimum absolute atomic E-state index is 0.338. The van der Waals surface area contributed by atoms with Gasteiger partial charge in [0.1, 0.15) is 35.0 Å². The van der Waals surface area contributed by atoms with Gasteiger partial charge in [0.05, 0.1) is 27.4 Å². The maximum absolute atomic E-state index is 12.1. The summed E-state index contributed by atoms with van der Waals surface area (Å²) in [5.74, 6) is 3.41. The molecule has 0 amide bonds. The molecule has 0 aliphatic carbocycles. The highest BCUT2D eigenvalue weighted by molar-refractivity contribution is 5.76. The highest BCUT2D eigenvalue weighted by Gasteiger charge is 2.29. The molecule has 1 atom stereocenters. The summed E-state index contributed by atoms with van der Waals surface area (Å²) >= 11 is 0. The van der Waals surface area contributed by atoms with Gasteiger partial charge in [-0.25, -0.2) is 9.78 Å². The summed E-state index contributed by atoms with van der Waals surface area (Å²) in [6.45, 7) is 7.07. The van der Waals surface area contributed by atoms with Crippen molar-refractivity contribution >= 4 is 5.97 Å². The Kier molecular flexibility index (Phi) is 9.74. The zero-order valence-electron chi connectivity index (χ0n) is 23.6. The molecule has 1 aromatic heterocycles. The molecule has 3 aromatic rings. The molecule has 0 bridgehead atoms. The number of hydrogen-bond acceptors (Lipinski definition) is 8. The molecule has 8 nitrogen and oxygen atoms in total. The predicted molar refractivity (Wildman–Crippen MR) is 148 cm³/mol. The highest BCUT2D eigenvalue weighted by atomic mass is 16.6. The zero-order chi connectivity index (χ0) is 27.8. The topological polar surface area (TPSA) is 89.3 Å². The summed E-state index contributed by atoms with van der Waals surface area (Å²) in [6.07, 6.45) is 6.69. The summed E-state index contributed by atoms with van der Waals surface area (Å²) in [4.78, 5) is 16.5. The van der Waals surface area contributed by atoms with E-state index in [1.807, 2.05) is 31.2 Å². The monoisotopic (exact) mass is 537 g/mol. The third-order valence-electron chi connectivity index (χ3n) is 6.82. The average Bonchev–Trinajstić information content (AvgIpc) is 3.39. The van der Waals surface area contributed by atoms with E-state index in [1.54, 1.807) is 13.4 Å². The van der Waals surface area contributed by atoms with Crippen molar-refractivity contribution in [3.05, 3.63) is 53.1 Å². The molecule has 1 aliphatic rings. The Bertz CT molecular complexity index is 1270. The van der Waals surface area contributed by atoms with Crippen molar-refractivity contribution in [2.45, 2.75) is 71.8 Å². The minimum atomic E-state index is -0.573. The number of oxazole rings is 1. The number of methoxy groups -OCH3 is 2. The summed E-state index contributed by atoms with van der Waals surface area (Å²) in [5.41, 5.74) is 4.78. The first kappa shape index (κ1) is 28.3. The number of nitrogens with zero attached hydrogens (tertiary/aromatic N) is 1. The van der Waals surface area contributed by atoms with Gasteiger partial charge in [-0.1, -0.05) is 32.8 Å². The number of benzene rings is 2. The Balaban J connectivity index is 1.41. The third-order valence-corrected chi connectivity index (χ3v) is 6.82. The van der Waals surface area contributed by atoms with Crippen molar-refractivity contribution < 1.29 is 32.9 Å². The Labute approximate surface area is 230 Å². The van der Waals surface area contributed by atoms with Crippen molar-refractivity contribution in [2.75, 3.05) is 27.4 Å². The van der Waals surface area contributed by atoms with Crippen LogP contribution >= 0.6 is 0 Å². The Morgan fingerprint density at radius 1 is 1.00 bits per heavy atom. The number of aromatic nitrogens is 1. The number of carbonyl (C=O) groups excluding carboxylic acids is 1. The van der Waals surface area contributed by atoms with Crippen LogP contribution in [0.5, 0.6) is 23.0 Å². The van der Waals surface area contributed by atoms with Crippen LogP contribution in [-0.4, -0.2) is 44.5 Å². The highest BCUT2D eigenvalue weighted by Crippen LogP contribution is 2.40. The largest absolute Gasteiger partial charge is 0.496 e. The van der Waals surface area contributed by atoms with E-state index in [2.05, 4.69) is 18.8 Å². The normalized spacial score (nSPS) is 14.3. The molecule has 4 rings (SSSR count). The molecule has 1 aliphatic heterocycles. The number of carbonyl (C=O) groups is 1. The quantitative estimate of drug-likeness (QED) is 0.186.